The van der Waals surface area contributed by atoms with Gasteiger partial charge in [-0.15, -0.1) is 0 Å². The summed E-state index contributed by atoms with van der Waals surface area (Å²) in [4.78, 5) is 13.9. The first-order valence-corrected chi connectivity index (χ1v) is 8.83. The lowest BCUT2D eigenvalue weighted by Crippen LogP contribution is -2.34. The van der Waals surface area contributed by atoms with E-state index in [-0.39, 0.29) is 12.4 Å². The van der Waals surface area contributed by atoms with Crippen molar-refractivity contribution in [1.82, 2.24) is 15.0 Å². The van der Waals surface area contributed by atoms with Gasteiger partial charge in [0.1, 0.15) is 5.82 Å². The monoisotopic (exact) mass is 365 g/mol. The molecule has 0 aliphatic carbocycles. The highest BCUT2D eigenvalue weighted by Crippen LogP contribution is 2.33. The summed E-state index contributed by atoms with van der Waals surface area (Å²) in [5, 5.41) is 16.6. The molecule has 1 aromatic carbocycles. The van der Waals surface area contributed by atoms with Crippen molar-refractivity contribution in [2.45, 2.75) is 37.0 Å². The molecule has 0 aliphatic rings. The largest absolute Gasteiger partial charge is 0.461 e. The third-order valence-electron chi connectivity index (χ3n) is 3.34. The van der Waals surface area contributed by atoms with Crippen LogP contribution in [0.25, 0.3) is 0 Å². The summed E-state index contributed by atoms with van der Waals surface area (Å²) < 4.78 is 19.8. The molecule has 0 bridgehead atoms. The molecular weight excluding hydrogens is 344 g/mol. The van der Waals surface area contributed by atoms with Gasteiger partial charge in [-0.25, -0.2) is 9.18 Å². The van der Waals surface area contributed by atoms with Crippen molar-refractivity contribution >= 4 is 24.8 Å². The Balaban J connectivity index is 2.31. The Morgan fingerprint density at radius 1 is 1.44 bits per heavy atom. The van der Waals surface area contributed by atoms with Gasteiger partial charge >= 0.3 is 13.0 Å². The van der Waals surface area contributed by atoms with Crippen LogP contribution in [-0.4, -0.2) is 41.0 Å². The van der Waals surface area contributed by atoms with Gasteiger partial charge in [-0.3, -0.25) is 4.68 Å². The van der Waals surface area contributed by atoms with E-state index in [0.29, 0.717) is 29.4 Å². The number of nitrogens with zero attached hydrogens (tertiary/aromatic N) is 2. The molecule has 0 unspecified atom stereocenters. The minimum Gasteiger partial charge on any atom is -0.461 e. The zero-order valence-corrected chi connectivity index (χ0v) is 15.3. The second-order valence-corrected chi connectivity index (χ2v) is 6.48. The van der Waals surface area contributed by atoms with Crippen LogP contribution < -0.4 is 5.23 Å². The van der Waals surface area contributed by atoms with Crippen LogP contribution in [0.2, 0.25) is 6.82 Å². The lowest BCUT2D eigenvalue weighted by Gasteiger charge is -2.10. The maximum atomic E-state index is 13.1. The molecule has 0 spiro atoms. The van der Waals surface area contributed by atoms with E-state index < -0.39 is 13.0 Å². The van der Waals surface area contributed by atoms with Crippen LogP contribution >= 0.6 is 11.8 Å². The summed E-state index contributed by atoms with van der Waals surface area (Å²) in [5.74, 6) is -0.767. The molecule has 1 heterocycles. The van der Waals surface area contributed by atoms with E-state index in [1.54, 1.807) is 30.6 Å². The fourth-order valence-electron chi connectivity index (χ4n) is 2.25. The molecule has 2 rings (SSSR count). The second-order valence-electron chi connectivity index (χ2n) is 5.39. The Kier molecular flexibility index (Phi) is 7.04. The highest BCUT2D eigenvalue weighted by Gasteiger charge is 2.23. The van der Waals surface area contributed by atoms with E-state index in [1.807, 2.05) is 6.92 Å². The van der Waals surface area contributed by atoms with Crippen molar-refractivity contribution in [1.29, 1.82) is 0 Å². The van der Waals surface area contributed by atoms with E-state index in [0.717, 1.165) is 4.90 Å². The fraction of sp³-hybridized carbons (Fsp3) is 0.375. The van der Waals surface area contributed by atoms with Gasteiger partial charge < -0.3 is 15.0 Å². The highest BCUT2D eigenvalue weighted by atomic mass is 32.2. The van der Waals surface area contributed by atoms with Crippen molar-refractivity contribution in [3.63, 3.8) is 0 Å². The lowest BCUT2D eigenvalue weighted by molar-refractivity contribution is 0.0507. The number of halogens is 1. The van der Waals surface area contributed by atoms with Gasteiger partial charge in [0.25, 0.3) is 0 Å². The molecule has 0 saturated carbocycles. The Labute approximate surface area is 150 Å². The molecule has 6 nitrogen and oxygen atoms in total. The molecule has 0 aliphatic heterocycles. The number of aromatic nitrogens is 2. The smallest absolute Gasteiger partial charge is 0.373 e. The summed E-state index contributed by atoms with van der Waals surface area (Å²) in [6, 6.07) is 6.05. The van der Waals surface area contributed by atoms with E-state index in [2.05, 4.69) is 10.3 Å². The molecule has 2 aromatic rings. The average Bonchev–Trinajstić information content (AvgIpc) is 2.85. The number of benzene rings is 1. The predicted molar refractivity (Wildman–Crippen MR) is 95.3 cm³/mol. The van der Waals surface area contributed by atoms with E-state index in [1.165, 1.54) is 23.9 Å². The molecule has 0 radical (unpaired) electrons. The van der Waals surface area contributed by atoms with Crippen molar-refractivity contribution in [3.8, 4) is 0 Å². The van der Waals surface area contributed by atoms with Crippen LogP contribution in [0.5, 0.6) is 0 Å². The number of esters is 1. The summed E-state index contributed by atoms with van der Waals surface area (Å²) in [6.45, 7) is 6.29. The summed E-state index contributed by atoms with van der Waals surface area (Å²) in [7, 11) is -0.643. The summed E-state index contributed by atoms with van der Waals surface area (Å²) in [6.07, 6.45) is 0. The van der Waals surface area contributed by atoms with Gasteiger partial charge in [0.15, 0.2) is 5.69 Å². The number of hydrogen-bond donors (Lipinski definition) is 2. The highest BCUT2D eigenvalue weighted by molar-refractivity contribution is 7.99. The zero-order valence-electron chi connectivity index (χ0n) is 14.5. The number of nitrogens with one attached hydrogen (secondary N) is 1. The topological polar surface area (TPSA) is 76.4 Å². The third kappa shape index (κ3) is 5.32. The first-order valence-electron chi connectivity index (χ1n) is 8.01. The zero-order chi connectivity index (χ0) is 18.4. The molecule has 9 heteroatoms. The minimum absolute atomic E-state index is 0.260. The molecule has 0 atom stereocenters. The third-order valence-corrected chi connectivity index (χ3v) is 4.54. The van der Waals surface area contributed by atoms with Crippen molar-refractivity contribution in [2.24, 2.45) is 0 Å². The number of ether oxygens (including phenoxy) is 1. The SMILES string of the molecule is CCOC(=O)c1c(Sc2ccc(F)cc2)c(C)nn1CCNB(C)O. The Morgan fingerprint density at radius 2 is 2.12 bits per heavy atom. The molecule has 1 aromatic heterocycles. The molecular formula is C16H21BFN3O3S. The molecule has 0 amide bonds. The summed E-state index contributed by atoms with van der Waals surface area (Å²) in [5.41, 5.74) is 1.05. The number of carbonyl (C=O) groups is 1. The number of carbonyl (C=O) groups excluding carboxylic acids is 1. The molecule has 134 valence electrons. The van der Waals surface area contributed by atoms with Crippen LogP contribution in [0.15, 0.2) is 34.1 Å². The van der Waals surface area contributed by atoms with Crippen molar-refractivity contribution in [3.05, 3.63) is 41.5 Å². The molecule has 2 N–H and O–H groups in total. The van der Waals surface area contributed by atoms with Crippen LogP contribution in [-0.2, 0) is 11.3 Å². The van der Waals surface area contributed by atoms with Gasteiger partial charge in [0.2, 0.25) is 0 Å². The Hall–Kier alpha value is -1.84. The van der Waals surface area contributed by atoms with Gasteiger partial charge in [-0.1, -0.05) is 11.8 Å². The maximum Gasteiger partial charge on any atom is 0.373 e. The quantitative estimate of drug-likeness (QED) is 0.553. The number of hydrogen-bond acceptors (Lipinski definition) is 6. The van der Waals surface area contributed by atoms with Crippen LogP contribution in [0.4, 0.5) is 4.39 Å². The fourth-order valence-corrected chi connectivity index (χ4v) is 3.23. The van der Waals surface area contributed by atoms with E-state index in [4.69, 9.17) is 4.74 Å². The first-order chi connectivity index (χ1) is 11.9. The van der Waals surface area contributed by atoms with Crippen LogP contribution in [0.1, 0.15) is 23.1 Å². The van der Waals surface area contributed by atoms with Gasteiger partial charge in [-0.05, 0) is 44.9 Å². The van der Waals surface area contributed by atoms with Crippen molar-refractivity contribution in [2.75, 3.05) is 13.2 Å². The average molecular weight is 365 g/mol. The molecule has 0 fully saturated rings. The summed E-state index contributed by atoms with van der Waals surface area (Å²) >= 11 is 1.34. The number of rotatable bonds is 8. The van der Waals surface area contributed by atoms with Gasteiger partial charge in [-0.2, -0.15) is 5.10 Å². The van der Waals surface area contributed by atoms with Crippen LogP contribution in [0.3, 0.4) is 0 Å². The second kappa shape index (κ2) is 9.03. The number of aryl methyl sites for hydroxylation is 1. The predicted octanol–water partition coefficient (Wildman–Crippen LogP) is 2.36. The van der Waals surface area contributed by atoms with Gasteiger partial charge in [0.05, 0.1) is 23.7 Å². The standard InChI is InChI=1S/C16H21BFN3O3S/c1-4-24-16(22)14-15(25-13-7-5-12(18)6-8-13)11(2)20-21(14)10-9-19-17(3)23/h5-8,19,23H,4,9-10H2,1-3H3. The lowest BCUT2D eigenvalue weighted by atomic mass is 9.89. The molecule has 25 heavy (non-hydrogen) atoms. The van der Waals surface area contributed by atoms with Crippen molar-refractivity contribution < 1.29 is 18.9 Å². The maximum absolute atomic E-state index is 13.1. The Bertz CT molecular complexity index is 722. The van der Waals surface area contributed by atoms with Gasteiger partial charge in [0, 0.05) is 11.4 Å². The van der Waals surface area contributed by atoms with E-state index in [9.17, 15) is 14.2 Å². The normalized spacial score (nSPS) is 10.8. The van der Waals surface area contributed by atoms with E-state index >= 15 is 0 Å². The van der Waals surface area contributed by atoms with Crippen LogP contribution in [0, 0.1) is 12.7 Å². The molecule has 0 saturated heterocycles. The minimum atomic E-state index is -0.643. The Morgan fingerprint density at radius 3 is 2.72 bits per heavy atom. The first kappa shape index (κ1) is 19.5.